The van der Waals surface area contributed by atoms with Crippen LogP contribution in [0.5, 0.6) is 0 Å². The summed E-state index contributed by atoms with van der Waals surface area (Å²) in [5, 5.41) is 0. The van der Waals surface area contributed by atoms with Crippen molar-refractivity contribution < 1.29 is 5.48 Å². The predicted octanol–water partition coefficient (Wildman–Crippen LogP) is 5.18. The molecule has 0 spiro atoms. The van der Waals surface area contributed by atoms with Crippen LogP contribution in [0.1, 0.15) is 69.5 Å². The molecule has 0 heteroatoms. The van der Waals surface area contributed by atoms with Crippen molar-refractivity contribution in [3.63, 3.8) is 0 Å². The quantitative estimate of drug-likeness (QED) is 0.661. The third kappa shape index (κ3) is 5.39. The van der Waals surface area contributed by atoms with Crippen LogP contribution in [0, 0.1) is 5.41 Å². The highest BCUT2D eigenvalue weighted by Gasteiger charge is 2.12. The van der Waals surface area contributed by atoms with Gasteiger partial charge in [0.1, 0.15) is 0 Å². The first-order valence-corrected chi connectivity index (χ1v) is 6.35. The van der Waals surface area contributed by atoms with E-state index in [1.807, 2.05) is 6.07 Å². The molecule has 0 saturated heterocycles. The lowest BCUT2D eigenvalue weighted by atomic mass is 9.86. The second kappa shape index (κ2) is 6.23. The van der Waals surface area contributed by atoms with Gasteiger partial charge in [-0.15, -0.1) is 0 Å². The normalized spacial score (nSPS) is 17.0. The van der Waals surface area contributed by atoms with Gasteiger partial charge in [-0.05, 0) is 41.4 Å². The van der Waals surface area contributed by atoms with E-state index in [1.165, 1.54) is 5.56 Å². The Morgan fingerprint density at radius 2 is 1.29 bits per heavy atom. The first-order chi connectivity index (χ1) is 9.23. The largest absolute Gasteiger partial charge is 0.0651 e. The van der Waals surface area contributed by atoms with E-state index >= 15 is 0 Å². The number of hydrogen-bond donors (Lipinski definition) is 0. The highest BCUT2D eigenvalue weighted by Crippen LogP contribution is 2.23. The van der Waals surface area contributed by atoms with Gasteiger partial charge in [0.25, 0.3) is 0 Å². The highest BCUT2D eigenvalue weighted by molar-refractivity contribution is 5.31. The van der Waals surface area contributed by atoms with Gasteiger partial charge in [-0.1, -0.05) is 65.6 Å². The van der Waals surface area contributed by atoms with Crippen LogP contribution in [0.2, 0.25) is 0 Å². The highest BCUT2D eigenvalue weighted by atomic mass is 14.2. The maximum atomic E-state index is 7.76. The fraction of sp³-hybridized carbons (Fsp3) is 0.647. The molecule has 96 valence electrons. The zero-order valence-corrected chi connectivity index (χ0v) is 11.9. The molecule has 17 heavy (non-hydrogen) atoms. The van der Waals surface area contributed by atoms with E-state index in [1.54, 1.807) is 13.8 Å². The summed E-state index contributed by atoms with van der Waals surface area (Å²) in [5.41, 5.74) is 3.25. The van der Waals surface area contributed by atoms with Crippen LogP contribution in [0.15, 0.2) is 18.2 Å². The molecule has 0 aliphatic rings. The van der Waals surface area contributed by atoms with Crippen LogP contribution in [-0.4, -0.2) is 0 Å². The zero-order valence-electron chi connectivity index (χ0n) is 15.9. The van der Waals surface area contributed by atoms with Gasteiger partial charge in [-0.2, -0.15) is 0 Å². The SMILES string of the molecule is [2H]C([2H])(C)Cc1cc(CC([2H])([2H])C)cc(CC(C)(C)C)c1. The Balaban J connectivity index is 3.13. The van der Waals surface area contributed by atoms with Crippen molar-refractivity contribution in [2.24, 2.45) is 5.41 Å². The summed E-state index contributed by atoms with van der Waals surface area (Å²) in [6.07, 6.45) is -0.853. The van der Waals surface area contributed by atoms with Crippen LogP contribution in [0.4, 0.5) is 0 Å². The lowest BCUT2D eigenvalue weighted by molar-refractivity contribution is 0.411. The molecule has 0 aliphatic carbocycles. The Bertz CT molecular complexity index is 389. The van der Waals surface area contributed by atoms with E-state index in [-0.39, 0.29) is 5.41 Å². The number of rotatable bonds is 5. The molecule has 0 N–H and O–H groups in total. The molecule has 0 heterocycles. The van der Waals surface area contributed by atoms with Crippen molar-refractivity contribution in [3.05, 3.63) is 34.9 Å². The molecular formula is C17H28. The molecule has 0 unspecified atom stereocenters. The first-order valence-electron chi connectivity index (χ1n) is 8.35. The zero-order chi connectivity index (χ0) is 16.5. The fourth-order valence-corrected chi connectivity index (χ4v) is 2.17. The second-order valence-electron chi connectivity index (χ2n) is 5.96. The predicted molar refractivity (Wildman–Crippen MR) is 77.6 cm³/mol. The molecule has 0 fully saturated rings. The lowest BCUT2D eigenvalue weighted by Crippen LogP contribution is -2.09. The van der Waals surface area contributed by atoms with Gasteiger partial charge in [-0.25, -0.2) is 0 Å². The van der Waals surface area contributed by atoms with E-state index in [0.29, 0.717) is 12.8 Å². The summed E-state index contributed by atoms with van der Waals surface area (Å²) >= 11 is 0. The Hall–Kier alpha value is -0.780. The van der Waals surface area contributed by atoms with Crippen molar-refractivity contribution in [2.45, 2.75) is 66.6 Å². The maximum absolute atomic E-state index is 7.76. The molecule has 0 radical (unpaired) electrons. The van der Waals surface area contributed by atoms with Crippen LogP contribution in [0.25, 0.3) is 0 Å². The first kappa shape index (κ1) is 9.19. The van der Waals surface area contributed by atoms with Gasteiger partial charge >= 0.3 is 0 Å². The van der Waals surface area contributed by atoms with Gasteiger partial charge in [0.15, 0.2) is 0 Å². The molecule has 0 amide bonds. The standard InChI is InChI=1S/C17H28/c1-6-8-14-10-15(9-7-2)12-16(11-14)13-17(3,4)5/h10-12H,6-9,13H2,1-5H3/i6D2,7D2. The molecule has 1 aromatic carbocycles. The van der Waals surface area contributed by atoms with E-state index in [0.717, 1.165) is 17.5 Å². The topological polar surface area (TPSA) is 0 Å². The Morgan fingerprint density at radius 1 is 0.882 bits per heavy atom. The second-order valence-corrected chi connectivity index (χ2v) is 5.96. The van der Waals surface area contributed by atoms with Crippen LogP contribution < -0.4 is 0 Å². The van der Waals surface area contributed by atoms with Gasteiger partial charge in [-0.3, -0.25) is 0 Å². The summed E-state index contributed by atoms with van der Waals surface area (Å²) in [5.74, 6) is 0. The summed E-state index contributed by atoms with van der Waals surface area (Å²) in [4.78, 5) is 0. The minimum atomic E-state index is -1.25. The summed E-state index contributed by atoms with van der Waals surface area (Å²) in [6.45, 7) is 9.71. The molecule has 0 nitrogen and oxygen atoms in total. The van der Waals surface area contributed by atoms with E-state index in [2.05, 4.69) is 32.9 Å². The molecule has 0 aliphatic heterocycles. The number of aryl methyl sites for hydroxylation is 2. The molecule has 0 aromatic heterocycles. The van der Waals surface area contributed by atoms with Gasteiger partial charge in [0.05, 0.1) is 0 Å². The van der Waals surface area contributed by atoms with Crippen molar-refractivity contribution in [2.75, 3.05) is 0 Å². The van der Waals surface area contributed by atoms with Crippen molar-refractivity contribution in [1.29, 1.82) is 0 Å². The minimum Gasteiger partial charge on any atom is -0.0651 e. The summed E-state index contributed by atoms with van der Waals surface area (Å²) < 4.78 is 31.1. The number of benzene rings is 1. The third-order valence-electron chi connectivity index (χ3n) is 2.61. The fourth-order valence-electron chi connectivity index (χ4n) is 2.17. The molecule has 0 saturated carbocycles. The lowest BCUT2D eigenvalue weighted by Gasteiger charge is -2.19. The van der Waals surface area contributed by atoms with Gasteiger partial charge in [0.2, 0.25) is 0 Å². The molecule has 0 bridgehead atoms. The van der Waals surface area contributed by atoms with E-state index in [9.17, 15) is 0 Å². The summed E-state index contributed by atoms with van der Waals surface area (Å²) in [7, 11) is 0. The smallest absolute Gasteiger partial charge is 0.0267 e. The van der Waals surface area contributed by atoms with Crippen molar-refractivity contribution in [1.82, 2.24) is 0 Å². The average molecular weight is 236 g/mol. The maximum Gasteiger partial charge on any atom is 0.0267 e. The minimum absolute atomic E-state index is 0.159. The van der Waals surface area contributed by atoms with Crippen molar-refractivity contribution >= 4 is 0 Å². The summed E-state index contributed by atoms with van der Waals surface area (Å²) in [6, 6.07) is 6.09. The Labute approximate surface area is 113 Å². The molecule has 0 atom stereocenters. The number of hydrogen-bond acceptors (Lipinski definition) is 0. The average Bonchev–Trinajstić information content (AvgIpc) is 2.06. The van der Waals surface area contributed by atoms with Gasteiger partial charge < -0.3 is 0 Å². The van der Waals surface area contributed by atoms with Crippen LogP contribution in [0.3, 0.4) is 0 Å². The van der Waals surface area contributed by atoms with Gasteiger partial charge in [0, 0.05) is 5.48 Å². The Morgan fingerprint density at radius 3 is 1.65 bits per heavy atom. The monoisotopic (exact) mass is 236 g/mol. The van der Waals surface area contributed by atoms with Crippen LogP contribution >= 0.6 is 0 Å². The Kier molecular flexibility index (Phi) is 3.37. The molecular weight excluding hydrogens is 204 g/mol. The van der Waals surface area contributed by atoms with Crippen molar-refractivity contribution in [3.8, 4) is 0 Å². The molecule has 1 aromatic rings. The third-order valence-corrected chi connectivity index (χ3v) is 2.61. The molecule has 1 rings (SSSR count). The van der Waals surface area contributed by atoms with E-state index < -0.39 is 12.7 Å². The van der Waals surface area contributed by atoms with Crippen LogP contribution in [-0.2, 0) is 19.3 Å². The van der Waals surface area contributed by atoms with E-state index in [4.69, 9.17) is 5.48 Å².